The van der Waals surface area contributed by atoms with E-state index >= 15 is 0 Å². The molecule has 3 nitrogen and oxygen atoms in total. The van der Waals surface area contributed by atoms with Crippen LogP contribution >= 0.6 is 0 Å². The van der Waals surface area contributed by atoms with Crippen LogP contribution in [0, 0.1) is 0 Å². The van der Waals surface area contributed by atoms with Gasteiger partial charge in [0.15, 0.2) is 0 Å². The van der Waals surface area contributed by atoms with Crippen LogP contribution in [0.25, 0.3) is 0 Å². The minimum absolute atomic E-state index is 0.446. The summed E-state index contributed by atoms with van der Waals surface area (Å²) in [7, 11) is 3.58. The number of ether oxygens (including phenoxy) is 1. The van der Waals surface area contributed by atoms with Crippen molar-refractivity contribution in [3.63, 3.8) is 0 Å². The van der Waals surface area contributed by atoms with Crippen LogP contribution in [0.5, 0.6) is 5.75 Å². The first kappa shape index (κ1) is 14.4. The van der Waals surface area contributed by atoms with Gasteiger partial charge in [0.05, 0.1) is 13.2 Å². The topological polar surface area (TPSA) is 41.5 Å². The fourth-order valence-electron chi connectivity index (χ4n) is 3.00. The van der Waals surface area contributed by atoms with Crippen molar-refractivity contribution in [2.45, 2.75) is 44.1 Å². The van der Waals surface area contributed by atoms with E-state index in [1.54, 1.807) is 7.11 Å². The predicted molar refractivity (Wildman–Crippen MR) is 77.7 cm³/mol. The molecule has 19 heavy (non-hydrogen) atoms. The molecule has 1 fully saturated rings. The molecule has 1 saturated carbocycles. The third kappa shape index (κ3) is 3.48. The standard InChI is InChI=1S/C16H25NO2/c1-17-11-15(18)13-8-9-16(19-2)14(10-13)12-6-4-3-5-7-12/h8-10,12,15,17-18H,3-7,11H2,1-2H3. The molecule has 0 aliphatic heterocycles. The Morgan fingerprint density at radius 1 is 1.32 bits per heavy atom. The molecule has 0 spiro atoms. The highest BCUT2D eigenvalue weighted by molar-refractivity contribution is 5.40. The molecule has 1 aromatic rings. The van der Waals surface area contributed by atoms with Crippen molar-refractivity contribution in [3.8, 4) is 5.75 Å². The van der Waals surface area contributed by atoms with Gasteiger partial charge in [0.2, 0.25) is 0 Å². The van der Waals surface area contributed by atoms with Crippen molar-refractivity contribution in [2.24, 2.45) is 0 Å². The van der Waals surface area contributed by atoms with E-state index in [-0.39, 0.29) is 0 Å². The lowest BCUT2D eigenvalue weighted by molar-refractivity contribution is 0.177. The average Bonchev–Trinajstić information content (AvgIpc) is 2.47. The zero-order valence-electron chi connectivity index (χ0n) is 12.0. The third-order valence-corrected chi connectivity index (χ3v) is 4.08. The van der Waals surface area contributed by atoms with Crippen molar-refractivity contribution in [2.75, 3.05) is 20.7 Å². The van der Waals surface area contributed by atoms with Gasteiger partial charge in [0, 0.05) is 6.54 Å². The van der Waals surface area contributed by atoms with Crippen LogP contribution in [0.2, 0.25) is 0 Å². The molecular formula is C16H25NO2. The summed E-state index contributed by atoms with van der Waals surface area (Å²) in [5, 5.41) is 13.1. The number of aliphatic hydroxyl groups excluding tert-OH is 1. The van der Waals surface area contributed by atoms with Crippen LogP contribution in [0.15, 0.2) is 18.2 Å². The zero-order valence-corrected chi connectivity index (χ0v) is 12.0. The predicted octanol–water partition coefficient (Wildman–Crippen LogP) is 3.00. The summed E-state index contributed by atoms with van der Waals surface area (Å²) in [5.41, 5.74) is 2.26. The molecule has 1 unspecified atom stereocenters. The van der Waals surface area contributed by atoms with E-state index in [0.29, 0.717) is 12.5 Å². The molecule has 2 rings (SSSR count). The molecule has 3 heteroatoms. The molecule has 0 amide bonds. The van der Waals surface area contributed by atoms with E-state index in [9.17, 15) is 5.11 Å². The van der Waals surface area contributed by atoms with Crippen LogP contribution in [0.3, 0.4) is 0 Å². The third-order valence-electron chi connectivity index (χ3n) is 4.08. The normalized spacial score (nSPS) is 18.3. The molecule has 0 radical (unpaired) electrons. The minimum atomic E-state index is -0.446. The number of hydrogen-bond acceptors (Lipinski definition) is 3. The Kier molecular flexibility index (Phi) is 5.23. The number of nitrogens with one attached hydrogen (secondary N) is 1. The van der Waals surface area contributed by atoms with Crippen LogP contribution in [0.1, 0.15) is 55.3 Å². The van der Waals surface area contributed by atoms with Crippen molar-refractivity contribution < 1.29 is 9.84 Å². The second-order valence-corrected chi connectivity index (χ2v) is 5.41. The second kappa shape index (κ2) is 6.92. The van der Waals surface area contributed by atoms with Crippen LogP contribution in [-0.4, -0.2) is 25.8 Å². The Labute approximate surface area is 116 Å². The molecule has 0 bridgehead atoms. The van der Waals surface area contributed by atoms with Gasteiger partial charge in [-0.2, -0.15) is 0 Å². The van der Waals surface area contributed by atoms with Crippen molar-refractivity contribution in [3.05, 3.63) is 29.3 Å². The van der Waals surface area contributed by atoms with Crippen molar-refractivity contribution in [1.29, 1.82) is 0 Å². The zero-order chi connectivity index (χ0) is 13.7. The van der Waals surface area contributed by atoms with Gasteiger partial charge in [0.1, 0.15) is 5.75 Å². The first-order valence-corrected chi connectivity index (χ1v) is 7.26. The first-order chi connectivity index (χ1) is 9.26. The average molecular weight is 263 g/mol. The van der Waals surface area contributed by atoms with Crippen LogP contribution in [0.4, 0.5) is 0 Å². The summed E-state index contributed by atoms with van der Waals surface area (Å²) < 4.78 is 5.50. The largest absolute Gasteiger partial charge is 0.496 e. The summed E-state index contributed by atoms with van der Waals surface area (Å²) in [6, 6.07) is 6.10. The van der Waals surface area contributed by atoms with Gasteiger partial charge < -0.3 is 15.2 Å². The minimum Gasteiger partial charge on any atom is -0.496 e. The van der Waals surface area contributed by atoms with Gasteiger partial charge in [-0.25, -0.2) is 0 Å². The van der Waals surface area contributed by atoms with E-state index in [2.05, 4.69) is 11.4 Å². The van der Waals surface area contributed by atoms with Gasteiger partial charge >= 0.3 is 0 Å². The van der Waals surface area contributed by atoms with E-state index in [0.717, 1.165) is 11.3 Å². The van der Waals surface area contributed by atoms with Gasteiger partial charge in [0.25, 0.3) is 0 Å². The Bertz CT molecular complexity index is 400. The molecule has 1 aliphatic rings. The number of rotatable bonds is 5. The Morgan fingerprint density at radius 3 is 2.68 bits per heavy atom. The Morgan fingerprint density at radius 2 is 2.05 bits per heavy atom. The Balaban J connectivity index is 2.25. The van der Waals surface area contributed by atoms with Crippen molar-refractivity contribution in [1.82, 2.24) is 5.32 Å². The summed E-state index contributed by atoms with van der Waals surface area (Å²) in [4.78, 5) is 0. The van der Waals surface area contributed by atoms with Gasteiger partial charge in [-0.3, -0.25) is 0 Å². The lowest BCUT2D eigenvalue weighted by Crippen LogP contribution is -2.17. The lowest BCUT2D eigenvalue weighted by Gasteiger charge is -2.25. The summed E-state index contributed by atoms with van der Waals surface area (Å²) >= 11 is 0. The molecule has 0 saturated heterocycles. The number of likely N-dealkylation sites (N-methyl/N-ethyl adjacent to an activating group) is 1. The fraction of sp³-hybridized carbons (Fsp3) is 0.625. The molecule has 0 aromatic heterocycles. The molecule has 0 heterocycles. The monoisotopic (exact) mass is 263 g/mol. The molecule has 1 atom stereocenters. The molecular weight excluding hydrogens is 238 g/mol. The number of aliphatic hydroxyl groups is 1. The molecule has 1 aliphatic carbocycles. The second-order valence-electron chi connectivity index (χ2n) is 5.41. The highest BCUT2D eigenvalue weighted by atomic mass is 16.5. The number of benzene rings is 1. The van der Waals surface area contributed by atoms with Gasteiger partial charge in [-0.1, -0.05) is 25.3 Å². The maximum atomic E-state index is 10.1. The van der Waals surface area contributed by atoms with Gasteiger partial charge in [-0.05, 0) is 49.1 Å². The van der Waals surface area contributed by atoms with Crippen LogP contribution < -0.4 is 10.1 Å². The SMILES string of the molecule is CNCC(O)c1ccc(OC)c(C2CCCCC2)c1. The van der Waals surface area contributed by atoms with E-state index in [1.165, 1.54) is 37.7 Å². The highest BCUT2D eigenvalue weighted by Crippen LogP contribution is 2.38. The van der Waals surface area contributed by atoms with Crippen LogP contribution in [-0.2, 0) is 0 Å². The lowest BCUT2D eigenvalue weighted by atomic mass is 9.83. The number of hydrogen-bond donors (Lipinski definition) is 2. The highest BCUT2D eigenvalue weighted by Gasteiger charge is 2.20. The first-order valence-electron chi connectivity index (χ1n) is 7.26. The summed E-state index contributed by atoms with van der Waals surface area (Å²) in [5.74, 6) is 1.55. The van der Waals surface area contributed by atoms with E-state index in [1.807, 2.05) is 19.2 Å². The number of methoxy groups -OCH3 is 1. The summed E-state index contributed by atoms with van der Waals surface area (Å²) in [6.45, 7) is 0.580. The quantitative estimate of drug-likeness (QED) is 0.858. The fourth-order valence-corrected chi connectivity index (χ4v) is 3.00. The van der Waals surface area contributed by atoms with E-state index < -0.39 is 6.10 Å². The van der Waals surface area contributed by atoms with E-state index in [4.69, 9.17) is 4.74 Å². The van der Waals surface area contributed by atoms with Gasteiger partial charge in [-0.15, -0.1) is 0 Å². The maximum absolute atomic E-state index is 10.1. The summed E-state index contributed by atoms with van der Waals surface area (Å²) in [6.07, 6.45) is 5.98. The molecule has 2 N–H and O–H groups in total. The molecule has 106 valence electrons. The van der Waals surface area contributed by atoms with Crippen molar-refractivity contribution >= 4 is 0 Å². The maximum Gasteiger partial charge on any atom is 0.122 e. The smallest absolute Gasteiger partial charge is 0.122 e. The molecule has 1 aromatic carbocycles. The Hall–Kier alpha value is -1.06.